The normalized spacial score (nSPS) is 12.7. The summed E-state index contributed by atoms with van der Waals surface area (Å²) in [5, 5.41) is 5.75. The fourth-order valence-electron chi connectivity index (χ4n) is 2.77. The Balaban J connectivity index is 1.97. The van der Waals surface area contributed by atoms with Gasteiger partial charge in [-0.05, 0) is 29.2 Å². The number of hydrogen-bond acceptors (Lipinski definition) is 4. The van der Waals surface area contributed by atoms with Gasteiger partial charge in [0.05, 0.1) is 0 Å². The first-order valence-electron chi connectivity index (χ1n) is 9.57. The topological polar surface area (TPSA) is 111 Å². The van der Waals surface area contributed by atoms with Gasteiger partial charge in [-0.1, -0.05) is 67.9 Å². The second kappa shape index (κ2) is 11.2. The van der Waals surface area contributed by atoms with E-state index in [1.165, 1.54) is 0 Å². The summed E-state index contributed by atoms with van der Waals surface area (Å²) in [5.41, 5.74) is 7.08. The molecule has 0 heterocycles. The van der Waals surface area contributed by atoms with Crippen molar-refractivity contribution in [3.05, 3.63) is 70.7 Å². The van der Waals surface area contributed by atoms with E-state index >= 15 is 0 Å². The number of carbonyl (C=O) groups excluding carboxylic acids is 3. The van der Waals surface area contributed by atoms with Gasteiger partial charge in [-0.3, -0.25) is 9.59 Å². The third-order valence-electron chi connectivity index (χ3n) is 4.45. The third-order valence-corrected chi connectivity index (χ3v) is 4.70. The zero-order valence-corrected chi connectivity index (χ0v) is 17.7. The van der Waals surface area contributed by atoms with Gasteiger partial charge >= 0.3 is 6.09 Å². The Hall–Kier alpha value is -3.06. The first kappa shape index (κ1) is 23.2. The average molecular weight is 432 g/mol. The molecule has 0 unspecified atom stereocenters. The van der Waals surface area contributed by atoms with Crippen LogP contribution in [-0.2, 0) is 27.4 Å². The molecule has 2 aromatic rings. The van der Waals surface area contributed by atoms with Gasteiger partial charge < -0.3 is 21.1 Å². The lowest BCUT2D eigenvalue weighted by Crippen LogP contribution is -2.55. The van der Waals surface area contributed by atoms with E-state index in [-0.39, 0.29) is 18.9 Å². The van der Waals surface area contributed by atoms with Crippen molar-refractivity contribution >= 4 is 29.5 Å². The number of nitrogens with two attached hydrogens (primary N) is 1. The molecule has 0 radical (unpaired) electrons. The van der Waals surface area contributed by atoms with E-state index in [2.05, 4.69) is 10.6 Å². The van der Waals surface area contributed by atoms with Crippen LogP contribution in [0, 0.1) is 5.92 Å². The summed E-state index contributed by atoms with van der Waals surface area (Å²) in [4.78, 5) is 36.8. The highest BCUT2D eigenvalue weighted by Gasteiger charge is 2.28. The number of nitrogens with one attached hydrogen (secondary N) is 2. The zero-order chi connectivity index (χ0) is 22.1. The smallest absolute Gasteiger partial charge is 0.408 e. The molecule has 0 bridgehead atoms. The molecule has 0 aliphatic heterocycles. The van der Waals surface area contributed by atoms with Crippen LogP contribution in [0.4, 0.5) is 4.79 Å². The van der Waals surface area contributed by atoms with Crippen molar-refractivity contribution in [3.8, 4) is 0 Å². The molecule has 0 aromatic heterocycles. The van der Waals surface area contributed by atoms with Crippen LogP contribution in [0.25, 0.3) is 0 Å². The van der Waals surface area contributed by atoms with Gasteiger partial charge in [-0.15, -0.1) is 0 Å². The maximum atomic E-state index is 12.7. The summed E-state index contributed by atoms with van der Waals surface area (Å²) in [6.45, 7) is 3.64. The van der Waals surface area contributed by atoms with Crippen molar-refractivity contribution in [3.63, 3.8) is 0 Å². The largest absolute Gasteiger partial charge is 0.445 e. The summed E-state index contributed by atoms with van der Waals surface area (Å²) < 4.78 is 5.18. The highest BCUT2D eigenvalue weighted by molar-refractivity contribution is 6.30. The summed E-state index contributed by atoms with van der Waals surface area (Å²) in [5.74, 6) is -1.43. The van der Waals surface area contributed by atoms with Crippen LogP contribution >= 0.6 is 11.6 Å². The monoisotopic (exact) mass is 431 g/mol. The number of halogens is 1. The van der Waals surface area contributed by atoms with Crippen LogP contribution < -0.4 is 16.4 Å². The van der Waals surface area contributed by atoms with Crippen LogP contribution in [0.1, 0.15) is 25.0 Å². The summed E-state index contributed by atoms with van der Waals surface area (Å²) in [6.07, 6.45) is -0.511. The molecule has 0 saturated heterocycles. The lowest BCUT2D eigenvalue weighted by molar-refractivity contribution is -0.129. The van der Waals surface area contributed by atoms with E-state index in [0.29, 0.717) is 5.02 Å². The van der Waals surface area contributed by atoms with E-state index < -0.39 is 30.0 Å². The number of ether oxygens (including phenoxy) is 1. The second-order valence-corrected chi connectivity index (χ2v) is 7.66. The van der Waals surface area contributed by atoms with Crippen molar-refractivity contribution in [2.75, 3.05) is 0 Å². The molecule has 7 nitrogen and oxygen atoms in total. The Labute approximate surface area is 180 Å². The van der Waals surface area contributed by atoms with Gasteiger partial charge in [0.1, 0.15) is 18.7 Å². The van der Waals surface area contributed by atoms with E-state index in [1.54, 1.807) is 38.1 Å². The quantitative estimate of drug-likeness (QED) is 0.566. The molecule has 160 valence electrons. The molecule has 2 aromatic carbocycles. The molecule has 0 saturated carbocycles. The molecule has 8 heteroatoms. The number of amides is 3. The Bertz CT molecular complexity index is 856. The number of primary amides is 1. The fraction of sp³-hybridized carbons (Fsp3) is 0.318. The molecule has 4 N–H and O–H groups in total. The van der Waals surface area contributed by atoms with E-state index in [4.69, 9.17) is 22.1 Å². The standard InChI is InChI=1S/C22H26ClN3O4/c1-14(2)19(26-22(29)30-13-16-6-4-3-5-7-16)21(28)25-18(20(24)27)12-15-8-10-17(23)11-9-15/h3-11,14,18-19H,12-13H2,1-2H3,(H2,24,27)(H,25,28)(H,26,29)/t18-,19-/m0/s1. The van der Waals surface area contributed by atoms with Crippen LogP contribution in [0.3, 0.4) is 0 Å². The maximum Gasteiger partial charge on any atom is 0.408 e. The fourth-order valence-corrected chi connectivity index (χ4v) is 2.89. The lowest BCUT2D eigenvalue weighted by Gasteiger charge is -2.24. The minimum atomic E-state index is -0.929. The third kappa shape index (κ3) is 7.40. The van der Waals surface area contributed by atoms with Crippen LogP contribution in [0.5, 0.6) is 0 Å². The van der Waals surface area contributed by atoms with Crippen molar-refractivity contribution in [2.45, 2.75) is 39.0 Å². The van der Waals surface area contributed by atoms with E-state index in [9.17, 15) is 14.4 Å². The molecule has 2 rings (SSSR count). The van der Waals surface area contributed by atoms with Gasteiger partial charge in [0.25, 0.3) is 0 Å². The van der Waals surface area contributed by atoms with Crippen LogP contribution in [0.15, 0.2) is 54.6 Å². The predicted octanol–water partition coefficient (Wildman–Crippen LogP) is 2.80. The Morgan fingerprint density at radius 3 is 2.17 bits per heavy atom. The van der Waals surface area contributed by atoms with Gasteiger partial charge in [-0.25, -0.2) is 4.79 Å². The van der Waals surface area contributed by atoms with E-state index in [1.807, 2.05) is 30.3 Å². The predicted molar refractivity (Wildman–Crippen MR) is 115 cm³/mol. The highest BCUT2D eigenvalue weighted by atomic mass is 35.5. The van der Waals surface area contributed by atoms with Gasteiger partial charge in [0.2, 0.25) is 11.8 Å². The van der Waals surface area contributed by atoms with Crippen molar-refractivity contribution in [1.82, 2.24) is 10.6 Å². The molecule has 30 heavy (non-hydrogen) atoms. The molecule has 3 amide bonds. The number of rotatable bonds is 9. The van der Waals surface area contributed by atoms with Crippen LogP contribution in [0.2, 0.25) is 5.02 Å². The number of carbonyl (C=O) groups is 3. The molecular weight excluding hydrogens is 406 g/mol. The van der Waals surface area contributed by atoms with Crippen molar-refractivity contribution < 1.29 is 19.1 Å². The molecular formula is C22H26ClN3O4. The van der Waals surface area contributed by atoms with E-state index in [0.717, 1.165) is 11.1 Å². The summed E-state index contributed by atoms with van der Waals surface area (Å²) in [6, 6.07) is 14.3. The van der Waals surface area contributed by atoms with Gasteiger partial charge in [0, 0.05) is 11.4 Å². The first-order valence-corrected chi connectivity index (χ1v) is 9.95. The second-order valence-electron chi connectivity index (χ2n) is 7.22. The number of benzene rings is 2. The first-order chi connectivity index (χ1) is 14.3. The Kier molecular flexibility index (Phi) is 8.68. The van der Waals surface area contributed by atoms with Crippen LogP contribution in [-0.4, -0.2) is 30.0 Å². The van der Waals surface area contributed by atoms with Crippen molar-refractivity contribution in [2.24, 2.45) is 11.7 Å². The van der Waals surface area contributed by atoms with Gasteiger partial charge in [-0.2, -0.15) is 0 Å². The zero-order valence-electron chi connectivity index (χ0n) is 16.9. The highest BCUT2D eigenvalue weighted by Crippen LogP contribution is 2.12. The minimum Gasteiger partial charge on any atom is -0.445 e. The van der Waals surface area contributed by atoms with Crippen molar-refractivity contribution in [1.29, 1.82) is 0 Å². The SMILES string of the molecule is CC(C)[C@H](NC(=O)OCc1ccccc1)C(=O)N[C@@H](Cc1ccc(Cl)cc1)C(N)=O. The average Bonchev–Trinajstić information content (AvgIpc) is 2.71. The molecule has 2 atom stereocenters. The Morgan fingerprint density at radius 1 is 0.967 bits per heavy atom. The minimum absolute atomic E-state index is 0.0829. The maximum absolute atomic E-state index is 12.7. The lowest BCUT2D eigenvalue weighted by atomic mass is 10.0. The van der Waals surface area contributed by atoms with Gasteiger partial charge in [0.15, 0.2) is 0 Å². The Morgan fingerprint density at radius 2 is 1.60 bits per heavy atom. The molecule has 0 aliphatic carbocycles. The number of alkyl carbamates (subject to hydrolysis) is 1. The summed E-state index contributed by atoms with van der Waals surface area (Å²) >= 11 is 5.87. The summed E-state index contributed by atoms with van der Waals surface area (Å²) in [7, 11) is 0. The number of hydrogen-bond donors (Lipinski definition) is 3. The molecule has 0 aliphatic rings. The molecule has 0 fully saturated rings. The molecule has 0 spiro atoms.